The maximum absolute atomic E-state index is 6.06. The van der Waals surface area contributed by atoms with E-state index in [4.69, 9.17) is 5.73 Å². The van der Waals surface area contributed by atoms with E-state index in [0.29, 0.717) is 6.04 Å². The second kappa shape index (κ2) is 5.82. The third-order valence-corrected chi connectivity index (χ3v) is 7.20. The van der Waals surface area contributed by atoms with E-state index < -0.39 is 0 Å². The number of piperidine rings is 1. The minimum atomic E-state index is 0.468. The van der Waals surface area contributed by atoms with Crippen LogP contribution in [0, 0.1) is 5.41 Å². The Morgan fingerprint density at radius 1 is 0.762 bits per heavy atom. The summed E-state index contributed by atoms with van der Waals surface area (Å²) in [6.07, 6.45) is 14.4. The fraction of sp³-hybridized carbons (Fsp3) is 1.00. The molecule has 4 aliphatic rings. The molecule has 2 saturated heterocycles. The SMILES string of the molecule is NC1CCN(C2CCN(C3CCC34CCCCC4)C2)CC1. The molecule has 4 rings (SSSR count). The first kappa shape index (κ1) is 14.5. The van der Waals surface area contributed by atoms with Crippen LogP contribution < -0.4 is 5.73 Å². The van der Waals surface area contributed by atoms with Gasteiger partial charge in [-0.3, -0.25) is 9.80 Å². The average Bonchev–Trinajstić information content (AvgIpc) is 2.97. The highest BCUT2D eigenvalue weighted by atomic mass is 15.3. The molecule has 0 aromatic rings. The van der Waals surface area contributed by atoms with Crippen LogP contribution in [0.5, 0.6) is 0 Å². The molecule has 2 atom stereocenters. The van der Waals surface area contributed by atoms with Crippen molar-refractivity contribution in [2.24, 2.45) is 11.1 Å². The first-order chi connectivity index (χ1) is 10.3. The Hall–Kier alpha value is -0.120. The molecule has 21 heavy (non-hydrogen) atoms. The van der Waals surface area contributed by atoms with Crippen LogP contribution in [0.25, 0.3) is 0 Å². The molecule has 0 amide bonds. The van der Waals surface area contributed by atoms with Gasteiger partial charge < -0.3 is 5.73 Å². The Morgan fingerprint density at radius 3 is 2.14 bits per heavy atom. The van der Waals surface area contributed by atoms with Gasteiger partial charge in [0.05, 0.1) is 0 Å². The molecule has 2 N–H and O–H groups in total. The van der Waals surface area contributed by atoms with E-state index >= 15 is 0 Å². The highest BCUT2D eigenvalue weighted by molar-refractivity contribution is 5.05. The van der Waals surface area contributed by atoms with Gasteiger partial charge >= 0.3 is 0 Å². The zero-order valence-electron chi connectivity index (χ0n) is 13.6. The predicted octanol–water partition coefficient (Wildman–Crippen LogP) is 2.60. The normalized spacial score (nSPS) is 38.7. The van der Waals surface area contributed by atoms with Gasteiger partial charge in [0.1, 0.15) is 0 Å². The van der Waals surface area contributed by atoms with Crippen LogP contribution in [-0.2, 0) is 0 Å². The molecule has 0 aromatic heterocycles. The van der Waals surface area contributed by atoms with E-state index in [1.165, 1.54) is 90.4 Å². The van der Waals surface area contributed by atoms with Crippen LogP contribution in [-0.4, -0.2) is 54.1 Å². The Morgan fingerprint density at radius 2 is 1.48 bits per heavy atom. The van der Waals surface area contributed by atoms with Crippen LogP contribution in [0.1, 0.15) is 64.2 Å². The van der Waals surface area contributed by atoms with Gasteiger partial charge in [-0.25, -0.2) is 0 Å². The molecule has 0 radical (unpaired) electrons. The Balaban J connectivity index is 1.34. The van der Waals surface area contributed by atoms with Crippen molar-refractivity contribution in [1.29, 1.82) is 0 Å². The number of hydrogen-bond acceptors (Lipinski definition) is 3. The predicted molar refractivity (Wildman–Crippen MR) is 87.3 cm³/mol. The third-order valence-electron chi connectivity index (χ3n) is 7.20. The topological polar surface area (TPSA) is 32.5 Å². The molecule has 2 unspecified atom stereocenters. The fourth-order valence-corrected chi connectivity index (χ4v) is 5.72. The van der Waals surface area contributed by atoms with Crippen molar-refractivity contribution in [2.75, 3.05) is 26.2 Å². The lowest BCUT2D eigenvalue weighted by Gasteiger charge is -2.56. The molecule has 3 nitrogen and oxygen atoms in total. The Bertz CT molecular complexity index is 355. The maximum atomic E-state index is 6.06. The first-order valence-corrected chi connectivity index (χ1v) is 9.51. The molecule has 2 heterocycles. The standard InChI is InChI=1S/C18H33N3/c19-15-5-11-20(12-6-15)16-7-13-21(14-16)17-4-10-18(17)8-2-1-3-9-18/h15-17H,1-14,19H2. The lowest BCUT2D eigenvalue weighted by molar-refractivity contribution is -0.0458. The summed E-state index contributed by atoms with van der Waals surface area (Å²) in [5.41, 5.74) is 6.81. The van der Waals surface area contributed by atoms with Crippen molar-refractivity contribution in [1.82, 2.24) is 9.80 Å². The summed E-state index contributed by atoms with van der Waals surface area (Å²) in [5, 5.41) is 0. The van der Waals surface area contributed by atoms with E-state index in [-0.39, 0.29) is 0 Å². The van der Waals surface area contributed by atoms with E-state index in [1.54, 1.807) is 0 Å². The second-order valence-corrected chi connectivity index (χ2v) is 8.29. The van der Waals surface area contributed by atoms with Gasteiger partial charge in [0.25, 0.3) is 0 Å². The number of rotatable bonds is 2. The fourth-order valence-electron chi connectivity index (χ4n) is 5.72. The summed E-state index contributed by atoms with van der Waals surface area (Å²) in [5.74, 6) is 0. The largest absolute Gasteiger partial charge is 0.328 e. The van der Waals surface area contributed by atoms with Crippen molar-refractivity contribution in [2.45, 2.75) is 82.3 Å². The molecule has 2 aliphatic carbocycles. The second-order valence-electron chi connectivity index (χ2n) is 8.29. The monoisotopic (exact) mass is 291 g/mol. The smallest absolute Gasteiger partial charge is 0.0235 e. The molecule has 4 fully saturated rings. The van der Waals surface area contributed by atoms with Crippen molar-refractivity contribution in [3.05, 3.63) is 0 Å². The highest BCUT2D eigenvalue weighted by Crippen LogP contribution is 2.54. The summed E-state index contributed by atoms with van der Waals surface area (Å²) in [7, 11) is 0. The Labute approximate surface area is 130 Å². The van der Waals surface area contributed by atoms with Gasteiger partial charge in [-0.1, -0.05) is 19.3 Å². The summed E-state index contributed by atoms with van der Waals surface area (Å²) < 4.78 is 0. The van der Waals surface area contributed by atoms with Crippen LogP contribution in [0.15, 0.2) is 0 Å². The van der Waals surface area contributed by atoms with E-state index in [1.807, 2.05) is 0 Å². The molecule has 120 valence electrons. The summed E-state index contributed by atoms with van der Waals surface area (Å²) in [6, 6.07) is 2.24. The third kappa shape index (κ3) is 2.66. The van der Waals surface area contributed by atoms with E-state index in [9.17, 15) is 0 Å². The van der Waals surface area contributed by atoms with E-state index in [2.05, 4.69) is 9.80 Å². The van der Waals surface area contributed by atoms with Gasteiger partial charge in [0, 0.05) is 31.2 Å². The van der Waals surface area contributed by atoms with Gasteiger partial charge in [-0.05, 0) is 63.5 Å². The zero-order chi connectivity index (χ0) is 14.3. The van der Waals surface area contributed by atoms with Crippen LogP contribution in [0.4, 0.5) is 0 Å². The van der Waals surface area contributed by atoms with Crippen LogP contribution >= 0.6 is 0 Å². The molecule has 1 spiro atoms. The van der Waals surface area contributed by atoms with Gasteiger partial charge in [-0.2, -0.15) is 0 Å². The molecule has 0 bridgehead atoms. The quantitative estimate of drug-likeness (QED) is 0.849. The molecule has 0 aromatic carbocycles. The summed E-state index contributed by atoms with van der Waals surface area (Å²) >= 11 is 0. The van der Waals surface area contributed by atoms with Crippen molar-refractivity contribution < 1.29 is 0 Å². The minimum absolute atomic E-state index is 0.468. The Kier molecular flexibility index (Phi) is 4.01. The summed E-state index contributed by atoms with van der Waals surface area (Å²) in [4.78, 5) is 5.63. The first-order valence-electron chi connectivity index (χ1n) is 9.51. The number of likely N-dealkylation sites (tertiary alicyclic amines) is 2. The molecular formula is C18H33N3. The number of nitrogens with two attached hydrogens (primary N) is 1. The van der Waals surface area contributed by atoms with Crippen molar-refractivity contribution in [3.8, 4) is 0 Å². The van der Waals surface area contributed by atoms with Gasteiger partial charge in [0.2, 0.25) is 0 Å². The average molecular weight is 291 g/mol. The molecule has 2 saturated carbocycles. The molecule has 2 aliphatic heterocycles. The zero-order valence-corrected chi connectivity index (χ0v) is 13.6. The van der Waals surface area contributed by atoms with Crippen molar-refractivity contribution in [3.63, 3.8) is 0 Å². The van der Waals surface area contributed by atoms with Crippen LogP contribution in [0.2, 0.25) is 0 Å². The van der Waals surface area contributed by atoms with Gasteiger partial charge in [0.15, 0.2) is 0 Å². The molecular weight excluding hydrogens is 258 g/mol. The van der Waals surface area contributed by atoms with Crippen molar-refractivity contribution >= 4 is 0 Å². The lowest BCUT2D eigenvalue weighted by Crippen LogP contribution is -2.56. The molecule has 3 heteroatoms. The maximum Gasteiger partial charge on any atom is 0.0235 e. The highest BCUT2D eigenvalue weighted by Gasteiger charge is 2.50. The number of hydrogen-bond donors (Lipinski definition) is 1. The summed E-state index contributed by atoms with van der Waals surface area (Å²) in [6.45, 7) is 5.20. The minimum Gasteiger partial charge on any atom is -0.328 e. The van der Waals surface area contributed by atoms with E-state index in [0.717, 1.165) is 17.5 Å². The number of nitrogens with zero attached hydrogens (tertiary/aromatic N) is 2. The van der Waals surface area contributed by atoms with Crippen LogP contribution in [0.3, 0.4) is 0 Å². The van der Waals surface area contributed by atoms with Gasteiger partial charge in [-0.15, -0.1) is 0 Å². The lowest BCUT2D eigenvalue weighted by atomic mass is 9.57.